The smallest absolute Gasteiger partial charge is 0.303 e. The number of hydrogen-bond donors (Lipinski definition) is 2. The molecule has 0 bridgehead atoms. The van der Waals surface area contributed by atoms with Crippen molar-refractivity contribution in [2.45, 2.75) is 96.5 Å². The molecule has 1 atom stereocenters. The lowest BCUT2D eigenvalue weighted by Gasteiger charge is -2.05. The summed E-state index contributed by atoms with van der Waals surface area (Å²) in [4.78, 5) is 10.4. The van der Waals surface area contributed by atoms with Crippen LogP contribution in [-0.2, 0) is 4.79 Å². The van der Waals surface area contributed by atoms with Crippen molar-refractivity contribution < 1.29 is 15.0 Å². The third-order valence-electron chi connectivity index (χ3n) is 3.95. The van der Waals surface area contributed by atoms with Crippen molar-refractivity contribution in [3.63, 3.8) is 0 Å². The Bertz CT molecular complexity index is 321. The predicted octanol–water partition coefficient (Wildman–Crippen LogP) is 5.64. The molecule has 0 rings (SSSR count). The van der Waals surface area contributed by atoms with Crippen LogP contribution >= 0.6 is 0 Å². The monoisotopic (exact) mass is 324 g/mol. The molecule has 0 aliphatic rings. The summed E-state index contributed by atoms with van der Waals surface area (Å²) in [6.07, 6.45) is 21.3. The minimum atomic E-state index is -0.692. The van der Waals surface area contributed by atoms with Gasteiger partial charge in [-0.25, -0.2) is 0 Å². The van der Waals surface area contributed by atoms with Crippen molar-refractivity contribution in [1.29, 1.82) is 0 Å². The quantitative estimate of drug-likeness (QED) is 0.285. The molecule has 0 fully saturated rings. The summed E-state index contributed by atoms with van der Waals surface area (Å²) in [7, 11) is 0. The first-order valence-electron chi connectivity index (χ1n) is 9.40. The van der Waals surface area contributed by atoms with E-state index in [9.17, 15) is 9.90 Å². The number of carbonyl (C=O) groups is 1. The van der Waals surface area contributed by atoms with Gasteiger partial charge >= 0.3 is 5.97 Å². The molecular formula is C20H36O3. The highest BCUT2D eigenvalue weighted by Gasteiger charge is 1.99. The van der Waals surface area contributed by atoms with E-state index in [0.29, 0.717) is 6.42 Å². The van der Waals surface area contributed by atoms with Crippen LogP contribution in [0.1, 0.15) is 90.4 Å². The number of rotatable bonds is 16. The molecule has 3 heteroatoms. The van der Waals surface area contributed by atoms with Crippen LogP contribution in [0, 0.1) is 0 Å². The SMILES string of the molecule is CCCCC/C=C/C=C/[C@@H](O)CCCCCCCCCC(=O)O. The highest BCUT2D eigenvalue weighted by molar-refractivity contribution is 5.66. The summed E-state index contributed by atoms with van der Waals surface area (Å²) < 4.78 is 0. The van der Waals surface area contributed by atoms with Gasteiger partial charge in [-0.2, -0.15) is 0 Å². The van der Waals surface area contributed by atoms with E-state index in [0.717, 1.165) is 44.9 Å². The first-order chi connectivity index (χ1) is 11.2. The lowest BCUT2D eigenvalue weighted by atomic mass is 10.1. The van der Waals surface area contributed by atoms with Crippen molar-refractivity contribution in [3.8, 4) is 0 Å². The molecule has 134 valence electrons. The Hall–Kier alpha value is -1.09. The number of hydrogen-bond acceptors (Lipinski definition) is 2. The minimum absolute atomic E-state index is 0.297. The standard InChI is InChI=1S/C20H36O3/c1-2-3-4-5-7-10-13-16-19(21)17-14-11-8-6-9-12-15-18-20(22)23/h7,10,13,16,19,21H,2-6,8-9,11-12,14-15,17-18H2,1H3,(H,22,23)/b10-7+,16-13+/t19-/m1/s1. The molecular weight excluding hydrogens is 288 g/mol. The summed E-state index contributed by atoms with van der Waals surface area (Å²) in [5, 5.41) is 18.4. The highest BCUT2D eigenvalue weighted by atomic mass is 16.4. The number of aliphatic carboxylic acids is 1. The molecule has 0 unspecified atom stereocenters. The molecule has 0 saturated heterocycles. The zero-order valence-corrected chi connectivity index (χ0v) is 14.9. The molecule has 0 aromatic carbocycles. The van der Waals surface area contributed by atoms with Gasteiger partial charge in [0.15, 0.2) is 0 Å². The molecule has 0 saturated carbocycles. The second-order valence-corrected chi connectivity index (χ2v) is 6.28. The van der Waals surface area contributed by atoms with Crippen LogP contribution in [0.25, 0.3) is 0 Å². The van der Waals surface area contributed by atoms with Crippen molar-refractivity contribution in [1.82, 2.24) is 0 Å². The molecule has 0 radical (unpaired) electrons. The largest absolute Gasteiger partial charge is 0.481 e. The van der Waals surface area contributed by atoms with E-state index >= 15 is 0 Å². The van der Waals surface area contributed by atoms with E-state index in [4.69, 9.17) is 5.11 Å². The summed E-state index contributed by atoms with van der Waals surface area (Å²) in [5.74, 6) is -0.692. The van der Waals surface area contributed by atoms with Crippen LogP contribution in [-0.4, -0.2) is 22.3 Å². The van der Waals surface area contributed by atoms with Gasteiger partial charge in [-0.15, -0.1) is 0 Å². The molecule has 0 amide bonds. The Balaban J connectivity index is 3.35. The zero-order valence-electron chi connectivity index (χ0n) is 14.9. The highest BCUT2D eigenvalue weighted by Crippen LogP contribution is 2.11. The summed E-state index contributed by atoms with van der Waals surface area (Å²) in [6.45, 7) is 2.21. The van der Waals surface area contributed by atoms with Crippen LogP contribution in [0.3, 0.4) is 0 Å². The fourth-order valence-corrected chi connectivity index (χ4v) is 2.49. The molecule has 0 aliphatic carbocycles. The Morgan fingerprint density at radius 2 is 1.57 bits per heavy atom. The third kappa shape index (κ3) is 18.9. The maximum Gasteiger partial charge on any atom is 0.303 e. The molecule has 3 nitrogen and oxygen atoms in total. The van der Waals surface area contributed by atoms with Crippen molar-refractivity contribution in [3.05, 3.63) is 24.3 Å². The summed E-state index contributed by atoms with van der Waals surface area (Å²) in [5.41, 5.74) is 0. The van der Waals surface area contributed by atoms with E-state index in [1.807, 2.05) is 18.2 Å². The van der Waals surface area contributed by atoms with Gasteiger partial charge in [-0.1, -0.05) is 82.6 Å². The van der Waals surface area contributed by atoms with Gasteiger partial charge in [0.25, 0.3) is 0 Å². The molecule has 2 N–H and O–H groups in total. The van der Waals surface area contributed by atoms with Crippen LogP contribution in [0.2, 0.25) is 0 Å². The van der Waals surface area contributed by atoms with Crippen LogP contribution in [0.4, 0.5) is 0 Å². The molecule has 0 aromatic heterocycles. The second-order valence-electron chi connectivity index (χ2n) is 6.28. The Labute approximate surface area is 142 Å². The minimum Gasteiger partial charge on any atom is -0.481 e. The first kappa shape index (κ1) is 21.9. The third-order valence-corrected chi connectivity index (χ3v) is 3.95. The van der Waals surface area contributed by atoms with E-state index in [1.165, 1.54) is 32.1 Å². The zero-order chi connectivity index (χ0) is 17.2. The predicted molar refractivity (Wildman–Crippen MR) is 97.6 cm³/mol. The average Bonchev–Trinajstić information content (AvgIpc) is 2.52. The lowest BCUT2D eigenvalue weighted by molar-refractivity contribution is -0.137. The van der Waals surface area contributed by atoms with E-state index in [-0.39, 0.29) is 6.10 Å². The van der Waals surface area contributed by atoms with E-state index in [1.54, 1.807) is 0 Å². The Morgan fingerprint density at radius 1 is 0.913 bits per heavy atom. The topological polar surface area (TPSA) is 57.5 Å². The van der Waals surface area contributed by atoms with Gasteiger partial charge in [0.2, 0.25) is 0 Å². The van der Waals surface area contributed by atoms with Crippen molar-refractivity contribution >= 4 is 5.97 Å². The normalized spacial score (nSPS) is 13.1. The number of aliphatic hydroxyl groups excluding tert-OH is 1. The van der Waals surface area contributed by atoms with Crippen LogP contribution < -0.4 is 0 Å². The van der Waals surface area contributed by atoms with Crippen molar-refractivity contribution in [2.24, 2.45) is 0 Å². The maximum atomic E-state index is 10.4. The number of carboxylic acids is 1. The van der Waals surface area contributed by atoms with Gasteiger partial charge in [-0.3, -0.25) is 4.79 Å². The first-order valence-corrected chi connectivity index (χ1v) is 9.40. The second kappa shape index (κ2) is 17.3. The lowest BCUT2D eigenvalue weighted by Crippen LogP contribution is -2.01. The average molecular weight is 325 g/mol. The maximum absolute atomic E-state index is 10.4. The van der Waals surface area contributed by atoms with Crippen molar-refractivity contribution in [2.75, 3.05) is 0 Å². The van der Waals surface area contributed by atoms with Gasteiger partial charge in [0, 0.05) is 6.42 Å². The number of allylic oxidation sites excluding steroid dienone is 3. The number of unbranched alkanes of at least 4 members (excludes halogenated alkanes) is 9. The Morgan fingerprint density at radius 3 is 2.22 bits per heavy atom. The van der Waals surface area contributed by atoms with E-state index < -0.39 is 5.97 Å². The van der Waals surface area contributed by atoms with Gasteiger partial charge in [0.05, 0.1) is 6.10 Å². The van der Waals surface area contributed by atoms with Gasteiger partial charge in [-0.05, 0) is 25.7 Å². The van der Waals surface area contributed by atoms with Gasteiger partial charge < -0.3 is 10.2 Å². The summed E-state index contributed by atoms with van der Waals surface area (Å²) in [6, 6.07) is 0. The van der Waals surface area contributed by atoms with Gasteiger partial charge in [0.1, 0.15) is 0 Å². The molecule has 23 heavy (non-hydrogen) atoms. The molecule has 0 spiro atoms. The fraction of sp³-hybridized carbons (Fsp3) is 0.750. The summed E-state index contributed by atoms with van der Waals surface area (Å²) >= 11 is 0. The molecule has 0 aliphatic heterocycles. The molecule has 0 heterocycles. The number of carboxylic acid groups (broad SMARTS) is 1. The Kier molecular flexibility index (Phi) is 16.4. The van der Waals surface area contributed by atoms with Crippen LogP contribution in [0.5, 0.6) is 0 Å². The van der Waals surface area contributed by atoms with E-state index in [2.05, 4.69) is 13.0 Å². The number of aliphatic hydroxyl groups is 1. The van der Waals surface area contributed by atoms with Crippen LogP contribution in [0.15, 0.2) is 24.3 Å². The fourth-order valence-electron chi connectivity index (χ4n) is 2.49. The molecule has 0 aromatic rings.